The van der Waals surface area contributed by atoms with Crippen molar-refractivity contribution < 1.29 is 71.3 Å². The Balaban J connectivity index is -0.000000196. The van der Waals surface area contributed by atoms with Crippen molar-refractivity contribution in [1.82, 2.24) is 0 Å². The largest absolute Gasteiger partial charge is 2.00 e. The first kappa shape index (κ1) is 49.0. The van der Waals surface area contributed by atoms with Crippen LogP contribution in [0.25, 0.3) is 0 Å². The van der Waals surface area contributed by atoms with Crippen molar-refractivity contribution in [3.63, 3.8) is 0 Å². The van der Waals surface area contributed by atoms with Crippen LogP contribution in [0.5, 0.6) is 0 Å². The molecule has 0 aromatic heterocycles. The van der Waals surface area contributed by atoms with Crippen molar-refractivity contribution in [2.75, 3.05) is 0 Å². The van der Waals surface area contributed by atoms with Gasteiger partial charge in [-0.3, -0.25) is 0 Å². The summed E-state index contributed by atoms with van der Waals surface area (Å²) >= 11 is -20.5. The molecule has 0 atom stereocenters. The van der Waals surface area contributed by atoms with Gasteiger partial charge in [-0.1, -0.05) is 0 Å². The number of nitrogens with zero attached hydrogens (tertiary/aromatic N) is 12. The van der Waals surface area contributed by atoms with E-state index in [-0.39, 0.29) is 136 Å². The Hall–Kier alpha value is -1.75. The fourth-order valence-electron chi connectivity index (χ4n) is 1.33. The van der Waals surface area contributed by atoms with Gasteiger partial charge in [-0.05, 0) is 0 Å². The van der Waals surface area contributed by atoms with E-state index in [1.807, 2.05) is 0 Å². The zero-order valence-corrected chi connectivity index (χ0v) is 30.5. The molecule has 0 aliphatic carbocycles. The van der Waals surface area contributed by atoms with E-state index in [0.717, 1.165) is 0 Å². The summed E-state index contributed by atoms with van der Waals surface area (Å²) in [5, 5.41) is 126. The van der Waals surface area contributed by atoms with Crippen molar-refractivity contribution in [1.29, 1.82) is 0 Å². The third-order valence-electron chi connectivity index (χ3n) is 3.27. The molecule has 0 saturated carbocycles. The van der Waals surface area contributed by atoms with E-state index in [0.29, 0.717) is 0 Å². The van der Waals surface area contributed by atoms with Gasteiger partial charge in [0.15, 0.2) is 0 Å². The van der Waals surface area contributed by atoms with Crippen LogP contribution < -0.4 is 0 Å². The Morgan fingerprint density at radius 3 is 0.268 bits per heavy atom. The van der Waals surface area contributed by atoms with Crippen LogP contribution in [0.3, 0.4) is 0 Å². The molecule has 0 amide bonds. The number of hydrogen-bond donors (Lipinski definition) is 0. The van der Waals surface area contributed by atoms with Crippen LogP contribution in [0.1, 0.15) is 0 Å². The monoisotopic (exact) mass is 933 g/mol. The van der Waals surface area contributed by atoms with E-state index >= 15 is 0 Å². The molecule has 36 nitrogen and oxygen atoms in total. The van der Waals surface area contributed by atoms with Crippen LogP contribution in [0.4, 0.5) is 0 Å². The summed E-state index contributed by atoms with van der Waals surface area (Å²) in [5.74, 6) is 0. The van der Waals surface area contributed by atoms with E-state index in [9.17, 15) is 121 Å². The van der Waals surface area contributed by atoms with Crippen molar-refractivity contribution in [3.05, 3.63) is 121 Å². The molecule has 0 spiro atoms. The van der Waals surface area contributed by atoms with Crippen molar-refractivity contribution in [2.24, 2.45) is 0 Å². The molecule has 0 aliphatic rings. The van der Waals surface area contributed by atoms with Crippen molar-refractivity contribution in [3.8, 4) is 0 Å². The maximum absolute atomic E-state index is 10.5. The van der Waals surface area contributed by atoms with E-state index < -0.39 is 71.3 Å². The summed E-state index contributed by atoms with van der Waals surface area (Å²) in [7, 11) is 0. The number of rotatable bonds is 12. The van der Waals surface area contributed by atoms with Gasteiger partial charge in [-0.15, -0.1) is 0 Å². The molecule has 41 heavy (non-hydrogen) atoms. The third kappa shape index (κ3) is 3.60. The molecule has 0 rings (SSSR count). The average molecular weight is 933 g/mol. The molecule has 0 N–H and O–H groups in total. The Bertz CT molecular complexity index is 968. The van der Waals surface area contributed by atoms with Crippen molar-refractivity contribution >= 4 is 136 Å². The first-order chi connectivity index (χ1) is 16.7. The zero-order chi connectivity index (χ0) is 31.7. The molecule has 0 aromatic carbocycles. The van der Waals surface area contributed by atoms with Crippen LogP contribution in [0.2, 0.25) is 0 Å². The molecule has 0 bridgehead atoms. The second-order valence-corrected chi connectivity index (χ2v) is 15.2. The van der Waals surface area contributed by atoms with E-state index in [4.69, 9.17) is 0 Å². The van der Waals surface area contributed by atoms with Gasteiger partial charge in [-0.25, -0.2) is 0 Å². The molecule has 0 heterocycles. The van der Waals surface area contributed by atoms with Gasteiger partial charge in [0.05, 0.1) is 0 Å². The summed E-state index contributed by atoms with van der Waals surface area (Å²) in [4.78, 5) is 126. The third-order valence-corrected chi connectivity index (χ3v) is 13.5. The Morgan fingerprint density at radius 2 is 0.268 bits per heavy atom. The minimum absolute atomic E-state index is 0. The van der Waals surface area contributed by atoms with Gasteiger partial charge in [0, 0.05) is 0 Å². The molecule has 41 heteroatoms. The summed E-state index contributed by atoms with van der Waals surface area (Å²) < 4.78 is -39.1. The fourth-order valence-corrected chi connectivity index (χ4v) is 5.50. The maximum atomic E-state index is 10.5. The number of hydrogen-bond acceptors (Lipinski definition) is 24. The summed E-state index contributed by atoms with van der Waals surface area (Å²) in [6, 6.07) is 0. The Morgan fingerprint density at radius 1 is 0.220 bits per heavy atom. The summed E-state index contributed by atoms with van der Waals surface area (Å²) in [6.07, 6.45) is 0. The predicted octanol–water partition coefficient (Wildman–Crippen LogP) is -4.42. The Kier molecular flexibility index (Phi) is 15.4. The molecule has 0 saturated heterocycles. The topological polar surface area (TPSA) is 518 Å². The van der Waals surface area contributed by atoms with Gasteiger partial charge in [0.1, 0.15) is 0 Å². The maximum Gasteiger partial charge on any atom is 2.00 e. The normalized spacial score (nSPS) is 13.5. The fraction of sp³-hybridized carbons (Fsp3) is 0. The molecule has 0 aromatic rings. The van der Waals surface area contributed by atoms with Crippen LogP contribution in [-0.2, 0) is 23.6 Å². The predicted molar refractivity (Wildman–Crippen MR) is 101 cm³/mol. The second-order valence-electron chi connectivity index (χ2n) is 4.36. The smallest absolute Gasteiger partial charge is 2.00 e. The van der Waals surface area contributed by atoms with E-state index in [1.54, 1.807) is 0 Å². The SMILES string of the molecule is O=[N+]([O-])[Co-3]([N+](=O)[O-])([N+](=O)[O-])([N+](=O)[O-])([N+](=O)[O-])[N+](=O)[O-].O=[N+]([O-])[Co-3]([N+](=O)[O-])([N+](=O)[O-])([N+](=O)[O-])([N+](=O)[O-])[N+](=O)[O-].[Sr+2].[Sr+2].[Sr+2]. The quantitative estimate of drug-likeness (QED) is 0.101. The van der Waals surface area contributed by atoms with Crippen LogP contribution in [0, 0.1) is 121 Å². The van der Waals surface area contributed by atoms with Gasteiger partial charge in [0.25, 0.3) is 0 Å². The minimum Gasteiger partial charge on any atom is 2.00 e. The van der Waals surface area contributed by atoms with Crippen molar-refractivity contribution in [2.45, 2.75) is 0 Å². The molecule has 0 unspecified atom stereocenters. The first-order valence-electron chi connectivity index (χ1n) is 6.17. The average Bonchev–Trinajstić information content (AvgIpc) is 2.67. The van der Waals surface area contributed by atoms with Gasteiger partial charge >= 0.3 is 329 Å². The van der Waals surface area contributed by atoms with Crippen LogP contribution >= 0.6 is 0 Å². The van der Waals surface area contributed by atoms with E-state index in [1.165, 1.54) is 0 Å². The molecular weight excluding hydrogens is 933 g/mol. The summed E-state index contributed by atoms with van der Waals surface area (Å²) in [5.41, 5.74) is 0. The molecule has 0 aliphatic heterocycles. The molecular formula is Co2N12O24Sr3. The van der Waals surface area contributed by atoms with Crippen LogP contribution in [0.15, 0.2) is 0 Å². The number of nitro groups is 12. The van der Waals surface area contributed by atoms with Gasteiger partial charge in [0.2, 0.25) is 0 Å². The standard InChI is InChI=1S/2Co.12NO2.3Sr/c;;12*2-1-3;;;/q2*-3;;;;;;;;;;;;;3*+2. The summed E-state index contributed by atoms with van der Waals surface area (Å²) in [6.45, 7) is 0. The molecule has 0 fully saturated rings. The molecule has 228 valence electrons. The van der Waals surface area contributed by atoms with Gasteiger partial charge in [-0.2, -0.15) is 0 Å². The first-order valence-corrected chi connectivity index (χ1v) is 11.8. The second kappa shape index (κ2) is 12.9. The van der Waals surface area contributed by atoms with Crippen LogP contribution in [-0.4, -0.2) is 184 Å². The van der Waals surface area contributed by atoms with Gasteiger partial charge < -0.3 is 0 Å². The zero-order valence-electron chi connectivity index (χ0n) is 18.0. The molecule has 0 radical (unpaired) electrons. The minimum atomic E-state index is -10.3. The Labute approximate surface area is 323 Å². The van der Waals surface area contributed by atoms with E-state index in [2.05, 4.69) is 0 Å².